The average Bonchev–Trinajstić information content (AvgIpc) is 2.66. The first-order chi connectivity index (χ1) is 11.8. The van der Waals surface area contributed by atoms with Crippen LogP contribution >= 0.6 is 11.6 Å². The maximum atomic E-state index is 6.57. The molecule has 0 spiro atoms. The van der Waals surface area contributed by atoms with Crippen LogP contribution in [0.2, 0.25) is 5.02 Å². The number of anilines is 1. The predicted octanol–water partition coefficient (Wildman–Crippen LogP) is 3.00. The number of hydrogen-bond acceptors (Lipinski definition) is 5. The van der Waals surface area contributed by atoms with Gasteiger partial charge in [0, 0.05) is 56.7 Å². The maximum absolute atomic E-state index is 6.57. The van der Waals surface area contributed by atoms with E-state index >= 15 is 0 Å². The van der Waals surface area contributed by atoms with Crippen LogP contribution in [0.5, 0.6) is 0 Å². The lowest BCUT2D eigenvalue weighted by Gasteiger charge is -2.34. The van der Waals surface area contributed by atoms with Crippen LogP contribution in [0.3, 0.4) is 0 Å². The summed E-state index contributed by atoms with van der Waals surface area (Å²) in [6.07, 6.45) is 5.36. The molecule has 1 fully saturated rings. The minimum Gasteiger partial charge on any atom is -0.338 e. The van der Waals surface area contributed by atoms with Gasteiger partial charge < -0.3 is 4.90 Å². The number of hydrogen-bond donors (Lipinski definition) is 0. The van der Waals surface area contributed by atoms with Crippen LogP contribution in [-0.4, -0.2) is 46.0 Å². The molecule has 4 rings (SSSR count). The van der Waals surface area contributed by atoms with Crippen LogP contribution in [0.4, 0.5) is 5.95 Å². The summed E-state index contributed by atoms with van der Waals surface area (Å²) >= 11 is 6.57. The fourth-order valence-electron chi connectivity index (χ4n) is 3.07. The maximum Gasteiger partial charge on any atom is 0.225 e. The summed E-state index contributed by atoms with van der Waals surface area (Å²) in [5.41, 5.74) is 2.01. The van der Waals surface area contributed by atoms with Gasteiger partial charge in [-0.05, 0) is 17.7 Å². The molecule has 1 aliphatic heterocycles. The third-order valence-corrected chi connectivity index (χ3v) is 4.82. The number of nitrogens with zero attached hydrogens (tertiary/aromatic N) is 5. The number of rotatable bonds is 3. The molecule has 0 bridgehead atoms. The van der Waals surface area contributed by atoms with Crippen LogP contribution in [0.25, 0.3) is 10.9 Å². The average molecular weight is 340 g/mol. The summed E-state index contributed by atoms with van der Waals surface area (Å²) in [7, 11) is 0. The second-order valence-corrected chi connectivity index (χ2v) is 6.30. The topological polar surface area (TPSA) is 45.2 Å². The highest BCUT2D eigenvalue weighted by Gasteiger charge is 2.19. The Bertz CT molecular complexity index is 831. The number of fused-ring (bicyclic) bond motifs is 1. The van der Waals surface area contributed by atoms with Crippen molar-refractivity contribution >= 4 is 28.5 Å². The Balaban J connectivity index is 1.45. The van der Waals surface area contributed by atoms with Crippen molar-refractivity contribution in [1.29, 1.82) is 0 Å². The van der Waals surface area contributed by atoms with Gasteiger partial charge in [-0.3, -0.25) is 9.88 Å². The highest BCUT2D eigenvalue weighted by molar-refractivity contribution is 6.35. The number of halogens is 1. The minimum atomic E-state index is 0.766. The Kier molecular flexibility index (Phi) is 4.28. The highest BCUT2D eigenvalue weighted by Crippen LogP contribution is 2.26. The number of aromatic nitrogens is 3. The van der Waals surface area contributed by atoms with E-state index in [0.717, 1.165) is 60.2 Å². The summed E-state index contributed by atoms with van der Waals surface area (Å²) in [5.74, 6) is 0.810. The summed E-state index contributed by atoms with van der Waals surface area (Å²) in [6, 6.07) is 10.0. The van der Waals surface area contributed by atoms with Crippen LogP contribution in [0.15, 0.2) is 48.9 Å². The molecule has 3 aromatic rings. The number of pyridine rings is 1. The molecule has 2 aromatic heterocycles. The summed E-state index contributed by atoms with van der Waals surface area (Å²) < 4.78 is 0. The molecule has 6 heteroatoms. The predicted molar refractivity (Wildman–Crippen MR) is 96.3 cm³/mol. The molecule has 0 aliphatic carbocycles. The molecular weight excluding hydrogens is 322 g/mol. The van der Waals surface area contributed by atoms with E-state index in [2.05, 4.69) is 36.9 Å². The number of benzene rings is 1. The first-order valence-corrected chi connectivity index (χ1v) is 8.45. The molecule has 0 unspecified atom stereocenters. The Morgan fingerprint density at radius 1 is 0.875 bits per heavy atom. The summed E-state index contributed by atoms with van der Waals surface area (Å²) in [4.78, 5) is 17.7. The molecule has 1 saturated heterocycles. The van der Waals surface area contributed by atoms with E-state index in [1.165, 1.54) is 0 Å². The summed E-state index contributed by atoms with van der Waals surface area (Å²) in [5, 5.41) is 1.85. The van der Waals surface area contributed by atoms with Crippen LogP contribution in [-0.2, 0) is 6.54 Å². The molecular formula is C18H18ClN5. The number of piperazine rings is 1. The normalized spacial score (nSPS) is 15.8. The van der Waals surface area contributed by atoms with E-state index < -0.39 is 0 Å². The smallest absolute Gasteiger partial charge is 0.225 e. The van der Waals surface area contributed by atoms with Crippen LogP contribution in [0, 0.1) is 0 Å². The fourth-order valence-corrected chi connectivity index (χ4v) is 3.36. The lowest BCUT2D eigenvalue weighted by Crippen LogP contribution is -2.46. The molecule has 0 radical (unpaired) electrons. The molecule has 0 N–H and O–H groups in total. The van der Waals surface area contributed by atoms with Crippen molar-refractivity contribution in [3.8, 4) is 0 Å². The minimum absolute atomic E-state index is 0.766. The quantitative estimate of drug-likeness (QED) is 0.734. The van der Waals surface area contributed by atoms with Gasteiger partial charge in [-0.25, -0.2) is 9.97 Å². The lowest BCUT2D eigenvalue weighted by atomic mass is 10.1. The monoisotopic (exact) mass is 339 g/mol. The van der Waals surface area contributed by atoms with Gasteiger partial charge in [0.05, 0.1) is 10.5 Å². The molecule has 5 nitrogen and oxygen atoms in total. The van der Waals surface area contributed by atoms with Crippen molar-refractivity contribution in [1.82, 2.24) is 19.9 Å². The SMILES string of the molecule is Clc1c(CN2CCN(c3ncccn3)CC2)ccc2cccnc12. The first kappa shape index (κ1) is 15.3. The Morgan fingerprint density at radius 3 is 2.42 bits per heavy atom. The van der Waals surface area contributed by atoms with Gasteiger partial charge >= 0.3 is 0 Å². The Morgan fingerprint density at radius 2 is 1.62 bits per heavy atom. The lowest BCUT2D eigenvalue weighted by molar-refractivity contribution is 0.249. The molecule has 0 saturated carbocycles. The van der Waals surface area contributed by atoms with Gasteiger partial charge in [0.1, 0.15) is 0 Å². The van der Waals surface area contributed by atoms with E-state index in [1.807, 2.05) is 18.2 Å². The van der Waals surface area contributed by atoms with E-state index in [0.29, 0.717) is 0 Å². The zero-order chi connectivity index (χ0) is 16.4. The zero-order valence-electron chi connectivity index (χ0n) is 13.3. The van der Waals surface area contributed by atoms with Gasteiger partial charge in [-0.1, -0.05) is 29.8 Å². The summed E-state index contributed by atoms with van der Waals surface area (Å²) in [6.45, 7) is 4.62. The van der Waals surface area contributed by atoms with E-state index in [4.69, 9.17) is 11.6 Å². The molecule has 0 atom stereocenters. The van der Waals surface area contributed by atoms with Crippen molar-refractivity contribution in [3.05, 3.63) is 59.5 Å². The third kappa shape index (κ3) is 3.05. The van der Waals surface area contributed by atoms with Crippen molar-refractivity contribution in [3.63, 3.8) is 0 Å². The second kappa shape index (κ2) is 6.71. The van der Waals surface area contributed by atoms with Gasteiger partial charge in [0.25, 0.3) is 0 Å². The molecule has 1 aliphatic rings. The van der Waals surface area contributed by atoms with Gasteiger partial charge in [-0.2, -0.15) is 0 Å². The van der Waals surface area contributed by atoms with E-state index in [1.54, 1.807) is 18.6 Å². The zero-order valence-corrected chi connectivity index (χ0v) is 14.0. The Hall–Kier alpha value is -2.24. The third-order valence-electron chi connectivity index (χ3n) is 4.39. The Labute approximate surface area is 145 Å². The molecule has 0 amide bonds. The van der Waals surface area contributed by atoms with Crippen LogP contribution in [0.1, 0.15) is 5.56 Å². The molecule has 3 heterocycles. The second-order valence-electron chi connectivity index (χ2n) is 5.93. The van der Waals surface area contributed by atoms with Crippen molar-refractivity contribution in [2.75, 3.05) is 31.1 Å². The van der Waals surface area contributed by atoms with Crippen molar-refractivity contribution < 1.29 is 0 Å². The highest BCUT2D eigenvalue weighted by atomic mass is 35.5. The first-order valence-electron chi connectivity index (χ1n) is 8.08. The molecule has 24 heavy (non-hydrogen) atoms. The van der Waals surface area contributed by atoms with Gasteiger partial charge in [0.2, 0.25) is 5.95 Å². The molecule has 122 valence electrons. The van der Waals surface area contributed by atoms with E-state index in [-0.39, 0.29) is 0 Å². The van der Waals surface area contributed by atoms with Crippen molar-refractivity contribution in [2.45, 2.75) is 6.54 Å². The fraction of sp³-hybridized carbons (Fsp3) is 0.278. The largest absolute Gasteiger partial charge is 0.338 e. The standard InChI is InChI=1S/C18H18ClN5/c19-16-15(5-4-14-3-1-6-20-17(14)16)13-23-9-11-24(12-10-23)18-21-7-2-8-22-18/h1-8H,9-13H2. The van der Waals surface area contributed by atoms with Gasteiger partial charge in [-0.15, -0.1) is 0 Å². The van der Waals surface area contributed by atoms with Crippen molar-refractivity contribution in [2.24, 2.45) is 0 Å². The van der Waals surface area contributed by atoms with Crippen LogP contribution < -0.4 is 4.90 Å². The molecule has 1 aromatic carbocycles. The van der Waals surface area contributed by atoms with Gasteiger partial charge in [0.15, 0.2) is 0 Å². The van der Waals surface area contributed by atoms with E-state index in [9.17, 15) is 0 Å².